The number of imidazole rings is 1. The maximum absolute atomic E-state index is 11.8. The summed E-state index contributed by atoms with van der Waals surface area (Å²) in [6.45, 7) is 5.47. The molecule has 6 nitrogen and oxygen atoms in total. The molecule has 3 heterocycles. The van der Waals surface area contributed by atoms with Crippen LogP contribution in [0.15, 0.2) is 24.4 Å². The molecule has 0 atom stereocenters. The molecule has 0 aromatic carbocycles. The third-order valence-corrected chi connectivity index (χ3v) is 4.22. The summed E-state index contributed by atoms with van der Waals surface area (Å²) in [4.78, 5) is 21.2. The highest BCUT2D eigenvalue weighted by molar-refractivity contribution is 5.88. The Balaban J connectivity index is 1.71. The van der Waals surface area contributed by atoms with Crippen molar-refractivity contribution in [3.05, 3.63) is 35.8 Å². The lowest BCUT2D eigenvalue weighted by Gasteiger charge is -2.32. The molecule has 118 valence electrons. The predicted octanol–water partition coefficient (Wildman–Crippen LogP) is 0.911. The van der Waals surface area contributed by atoms with Crippen molar-refractivity contribution in [2.45, 2.75) is 6.42 Å². The van der Waals surface area contributed by atoms with Crippen LogP contribution in [0.2, 0.25) is 0 Å². The van der Waals surface area contributed by atoms with Crippen LogP contribution in [0.5, 0.6) is 0 Å². The van der Waals surface area contributed by atoms with Gasteiger partial charge in [-0.3, -0.25) is 4.40 Å². The molecule has 0 radical (unpaired) electrons. The van der Waals surface area contributed by atoms with Crippen LogP contribution in [0.1, 0.15) is 16.2 Å². The fourth-order valence-electron chi connectivity index (χ4n) is 2.80. The molecule has 1 fully saturated rings. The smallest absolute Gasteiger partial charge is 0.355 e. The summed E-state index contributed by atoms with van der Waals surface area (Å²) in [6, 6.07) is 5.50. The van der Waals surface area contributed by atoms with Gasteiger partial charge >= 0.3 is 5.97 Å². The second kappa shape index (κ2) is 6.46. The fraction of sp³-hybridized carbons (Fsp3) is 0.500. The van der Waals surface area contributed by atoms with E-state index in [1.807, 2.05) is 22.7 Å². The molecule has 22 heavy (non-hydrogen) atoms. The van der Waals surface area contributed by atoms with Crippen LogP contribution in [0.3, 0.4) is 0 Å². The highest BCUT2D eigenvalue weighted by Crippen LogP contribution is 2.11. The van der Waals surface area contributed by atoms with Gasteiger partial charge < -0.3 is 14.5 Å². The zero-order chi connectivity index (χ0) is 15.5. The lowest BCUT2D eigenvalue weighted by Crippen LogP contribution is -2.45. The van der Waals surface area contributed by atoms with Gasteiger partial charge in [0.05, 0.1) is 12.8 Å². The normalized spacial score (nSPS) is 17.0. The van der Waals surface area contributed by atoms with Crippen molar-refractivity contribution in [3.8, 4) is 0 Å². The maximum atomic E-state index is 11.8. The number of fused-ring (bicyclic) bond motifs is 1. The number of piperazine rings is 1. The number of esters is 1. The van der Waals surface area contributed by atoms with Gasteiger partial charge in [0.1, 0.15) is 11.3 Å². The third kappa shape index (κ3) is 3.13. The van der Waals surface area contributed by atoms with Crippen molar-refractivity contribution in [1.29, 1.82) is 0 Å². The van der Waals surface area contributed by atoms with E-state index in [0.717, 1.165) is 50.5 Å². The van der Waals surface area contributed by atoms with Crippen molar-refractivity contribution in [3.63, 3.8) is 0 Å². The Kier molecular flexibility index (Phi) is 4.40. The van der Waals surface area contributed by atoms with Crippen molar-refractivity contribution >= 4 is 11.6 Å². The van der Waals surface area contributed by atoms with Crippen LogP contribution in [-0.4, -0.2) is 72.0 Å². The molecule has 1 aliphatic heterocycles. The van der Waals surface area contributed by atoms with Gasteiger partial charge in [-0.05, 0) is 19.2 Å². The first-order valence-corrected chi connectivity index (χ1v) is 7.63. The minimum atomic E-state index is -0.339. The summed E-state index contributed by atoms with van der Waals surface area (Å²) in [7, 11) is 3.56. The lowest BCUT2D eigenvalue weighted by atomic mass is 10.2. The minimum absolute atomic E-state index is 0.339. The number of rotatable bonds is 4. The predicted molar refractivity (Wildman–Crippen MR) is 84.2 cm³/mol. The molecule has 0 N–H and O–H groups in total. The number of methoxy groups -OCH3 is 1. The van der Waals surface area contributed by atoms with Gasteiger partial charge in [-0.1, -0.05) is 6.07 Å². The summed E-state index contributed by atoms with van der Waals surface area (Å²) in [5, 5.41) is 0. The average Bonchev–Trinajstić information content (AvgIpc) is 2.96. The molecule has 0 saturated carbocycles. The average molecular weight is 302 g/mol. The Bertz CT molecular complexity index is 659. The molecule has 2 aromatic heterocycles. The number of hydrogen-bond donors (Lipinski definition) is 0. The molecule has 6 heteroatoms. The monoisotopic (exact) mass is 302 g/mol. The van der Waals surface area contributed by atoms with Gasteiger partial charge in [-0.15, -0.1) is 0 Å². The van der Waals surface area contributed by atoms with Crippen LogP contribution in [0, 0.1) is 0 Å². The number of nitrogens with zero attached hydrogens (tertiary/aromatic N) is 4. The highest BCUT2D eigenvalue weighted by atomic mass is 16.5. The molecule has 1 saturated heterocycles. The van der Waals surface area contributed by atoms with E-state index < -0.39 is 0 Å². The van der Waals surface area contributed by atoms with E-state index in [9.17, 15) is 4.79 Å². The first-order valence-electron chi connectivity index (χ1n) is 7.63. The van der Waals surface area contributed by atoms with Crippen LogP contribution in [0.4, 0.5) is 0 Å². The van der Waals surface area contributed by atoms with Crippen molar-refractivity contribution < 1.29 is 9.53 Å². The van der Waals surface area contributed by atoms with E-state index in [1.54, 1.807) is 6.07 Å². The molecule has 0 spiro atoms. The molecular formula is C16H22N4O2. The van der Waals surface area contributed by atoms with Gasteiger partial charge in [0.15, 0.2) is 0 Å². The van der Waals surface area contributed by atoms with E-state index >= 15 is 0 Å². The Hall–Kier alpha value is -1.92. The van der Waals surface area contributed by atoms with E-state index in [-0.39, 0.29) is 5.97 Å². The molecule has 3 rings (SSSR count). The SMILES string of the molecule is COC(=O)c1cccc2nc(CCN3CCN(C)CC3)cn12. The number of carbonyl (C=O) groups excluding carboxylic acids is 1. The third-order valence-electron chi connectivity index (χ3n) is 4.22. The summed E-state index contributed by atoms with van der Waals surface area (Å²) >= 11 is 0. The van der Waals surface area contributed by atoms with E-state index in [0.29, 0.717) is 5.69 Å². The first-order chi connectivity index (χ1) is 10.7. The van der Waals surface area contributed by atoms with Crippen LogP contribution >= 0.6 is 0 Å². The molecular weight excluding hydrogens is 280 g/mol. The van der Waals surface area contributed by atoms with E-state index in [1.165, 1.54) is 7.11 Å². The summed E-state index contributed by atoms with van der Waals surface area (Å²) < 4.78 is 6.63. The van der Waals surface area contributed by atoms with Crippen LogP contribution in [-0.2, 0) is 11.2 Å². The first kappa shape index (κ1) is 15.0. The Morgan fingerprint density at radius 3 is 2.77 bits per heavy atom. The van der Waals surface area contributed by atoms with Gasteiger partial charge in [0.25, 0.3) is 0 Å². The number of hydrogen-bond acceptors (Lipinski definition) is 5. The number of pyridine rings is 1. The number of likely N-dealkylation sites (N-methyl/N-ethyl adjacent to an activating group) is 1. The molecule has 0 aliphatic carbocycles. The quantitative estimate of drug-likeness (QED) is 0.786. The zero-order valence-electron chi connectivity index (χ0n) is 13.2. The van der Waals surface area contributed by atoms with Gasteiger partial charge in [-0.2, -0.15) is 0 Å². The van der Waals surface area contributed by atoms with Crippen molar-refractivity contribution in [2.24, 2.45) is 0 Å². The second-order valence-electron chi connectivity index (χ2n) is 5.76. The maximum Gasteiger partial charge on any atom is 0.355 e. The van der Waals surface area contributed by atoms with Crippen molar-refractivity contribution in [2.75, 3.05) is 46.9 Å². The summed E-state index contributed by atoms with van der Waals surface area (Å²) in [6.07, 6.45) is 2.84. The highest BCUT2D eigenvalue weighted by Gasteiger charge is 2.15. The van der Waals surface area contributed by atoms with Crippen LogP contribution in [0.25, 0.3) is 5.65 Å². The largest absolute Gasteiger partial charge is 0.464 e. The Morgan fingerprint density at radius 2 is 2.05 bits per heavy atom. The summed E-state index contributed by atoms with van der Waals surface area (Å²) in [5.74, 6) is -0.339. The Labute approximate surface area is 130 Å². The van der Waals surface area contributed by atoms with Gasteiger partial charge in [0, 0.05) is 45.3 Å². The van der Waals surface area contributed by atoms with Gasteiger partial charge in [0.2, 0.25) is 0 Å². The van der Waals surface area contributed by atoms with Gasteiger partial charge in [-0.25, -0.2) is 9.78 Å². The minimum Gasteiger partial charge on any atom is -0.464 e. The fourth-order valence-corrected chi connectivity index (χ4v) is 2.80. The van der Waals surface area contributed by atoms with E-state index in [4.69, 9.17) is 4.74 Å². The van der Waals surface area contributed by atoms with E-state index in [2.05, 4.69) is 21.8 Å². The number of aromatic nitrogens is 2. The van der Waals surface area contributed by atoms with Crippen molar-refractivity contribution in [1.82, 2.24) is 19.2 Å². The topological polar surface area (TPSA) is 50.1 Å². The Morgan fingerprint density at radius 1 is 1.27 bits per heavy atom. The molecule has 0 unspecified atom stereocenters. The van der Waals surface area contributed by atoms with Crippen LogP contribution < -0.4 is 0 Å². The second-order valence-corrected chi connectivity index (χ2v) is 5.76. The zero-order valence-corrected chi connectivity index (χ0v) is 13.2. The molecule has 0 amide bonds. The number of carbonyl (C=O) groups is 1. The molecule has 0 bridgehead atoms. The standard InChI is InChI=1S/C16H22N4O2/c1-18-8-10-19(11-9-18)7-6-13-12-20-14(16(21)22-2)4-3-5-15(20)17-13/h3-5,12H,6-11H2,1-2H3. The molecule has 2 aromatic rings. The number of ether oxygens (including phenoxy) is 1. The molecule has 1 aliphatic rings. The lowest BCUT2D eigenvalue weighted by molar-refractivity contribution is 0.0592. The summed E-state index contributed by atoms with van der Waals surface area (Å²) in [5.41, 5.74) is 2.31.